The van der Waals surface area contributed by atoms with Gasteiger partial charge in [-0.15, -0.1) is 0 Å². The zero-order valence-electron chi connectivity index (χ0n) is 11.7. The monoisotopic (exact) mass is 368 g/mol. The molecule has 0 unspecified atom stereocenters. The lowest BCUT2D eigenvalue weighted by Crippen LogP contribution is -2.19. The molecule has 0 bridgehead atoms. The van der Waals surface area contributed by atoms with Crippen molar-refractivity contribution < 1.29 is 19.9 Å². The minimum atomic E-state index is -0.870. The van der Waals surface area contributed by atoms with Crippen LogP contribution in [0.5, 0.6) is 11.5 Å². The predicted molar refractivity (Wildman–Crippen MR) is 85.7 cm³/mol. The first-order valence-corrected chi connectivity index (χ1v) is 7.02. The first-order chi connectivity index (χ1) is 11.3. The van der Waals surface area contributed by atoms with Crippen molar-refractivity contribution >= 4 is 41.0 Å². The maximum absolute atomic E-state index is 11.9. The number of aromatic hydroxyl groups is 1. The quantitative estimate of drug-likeness (QED) is 0.486. The molecule has 2 aromatic rings. The van der Waals surface area contributed by atoms with Crippen LogP contribution in [0.1, 0.15) is 15.9 Å². The molecule has 10 heteroatoms. The largest absolute Gasteiger partial charge is 0.871 e. The fourth-order valence-electron chi connectivity index (χ4n) is 1.75. The molecule has 2 rings (SSSR count). The molecule has 0 radical (unpaired) electrons. The Morgan fingerprint density at radius 2 is 2.04 bits per heavy atom. The van der Waals surface area contributed by atoms with Crippen molar-refractivity contribution in [3.8, 4) is 11.5 Å². The summed E-state index contributed by atoms with van der Waals surface area (Å²) in [5, 5.41) is 35.6. The standard InChI is InChI=1S/C14H9Cl2N3O5/c15-8-4-9(13(21)10(16)5-8)14(22)18-17-6-7-2-1-3-11(12(7)20)19(23)24/h1-6,20-21H,(H,18,22)/p-1/b17-6+. The summed E-state index contributed by atoms with van der Waals surface area (Å²) in [5.41, 5.74) is 1.24. The Morgan fingerprint density at radius 1 is 1.33 bits per heavy atom. The van der Waals surface area contributed by atoms with Gasteiger partial charge >= 0.3 is 5.69 Å². The molecule has 0 atom stereocenters. The number of halogens is 2. The number of nitro benzene ring substituents is 1. The van der Waals surface area contributed by atoms with Gasteiger partial charge in [-0.05, 0) is 18.2 Å². The van der Waals surface area contributed by atoms with E-state index in [9.17, 15) is 25.1 Å². The van der Waals surface area contributed by atoms with Gasteiger partial charge < -0.3 is 10.2 Å². The molecule has 0 heterocycles. The number of amides is 1. The van der Waals surface area contributed by atoms with Gasteiger partial charge in [-0.1, -0.05) is 35.0 Å². The van der Waals surface area contributed by atoms with Gasteiger partial charge in [0.05, 0.1) is 11.1 Å². The van der Waals surface area contributed by atoms with Crippen LogP contribution in [0.4, 0.5) is 5.69 Å². The van der Waals surface area contributed by atoms with E-state index >= 15 is 0 Å². The van der Waals surface area contributed by atoms with Crippen LogP contribution in [0.15, 0.2) is 35.4 Å². The Kier molecular flexibility index (Phi) is 5.22. The third-order valence-electron chi connectivity index (χ3n) is 2.87. The number of rotatable bonds is 4. The molecule has 0 aromatic heterocycles. The lowest BCUT2D eigenvalue weighted by molar-refractivity contribution is -0.385. The van der Waals surface area contributed by atoms with Gasteiger partial charge in [0.1, 0.15) is 0 Å². The number of nitro groups is 1. The highest BCUT2D eigenvalue weighted by Gasteiger charge is 2.15. The molecule has 0 aliphatic carbocycles. The van der Waals surface area contributed by atoms with E-state index in [1.807, 2.05) is 0 Å². The van der Waals surface area contributed by atoms with Crippen molar-refractivity contribution in [2.24, 2.45) is 5.10 Å². The van der Waals surface area contributed by atoms with Crippen molar-refractivity contribution in [3.63, 3.8) is 0 Å². The van der Waals surface area contributed by atoms with E-state index in [-0.39, 0.29) is 21.2 Å². The number of hydrazone groups is 1. The summed E-state index contributed by atoms with van der Waals surface area (Å²) in [7, 11) is 0. The number of para-hydroxylation sites is 1. The van der Waals surface area contributed by atoms with E-state index < -0.39 is 28.0 Å². The SMILES string of the molecule is O=C(N/N=C/c1cccc([N+](=O)[O-])c1O)c1cc(Cl)cc(Cl)c1[O-]. The zero-order valence-corrected chi connectivity index (χ0v) is 13.2. The second-order valence-electron chi connectivity index (χ2n) is 4.44. The maximum Gasteiger partial charge on any atom is 0.311 e. The summed E-state index contributed by atoms with van der Waals surface area (Å²) in [6, 6.07) is 6.14. The highest BCUT2D eigenvalue weighted by Crippen LogP contribution is 2.29. The molecule has 2 N–H and O–H groups in total. The molecule has 0 saturated heterocycles. The maximum atomic E-state index is 11.9. The number of hydrogen-bond donors (Lipinski definition) is 2. The van der Waals surface area contributed by atoms with Gasteiger partial charge in [0.25, 0.3) is 5.91 Å². The number of phenolic OH excluding ortho intramolecular Hbond substituents is 1. The highest BCUT2D eigenvalue weighted by atomic mass is 35.5. The summed E-state index contributed by atoms with van der Waals surface area (Å²) < 4.78 is 0. The molecule has 24 heavy (non-hydrogen) atoms. The summed E-state index contributed by atoms with van der Waals surface area (Å²) >= 11 is 11.4. The van der Waals surface area contributed by atoms with E-state index in [0.29, 0.717) is 0 Å². The van der Waals surface area contributed by atoms with Gasteiger partial charge in [-0.3, -0.25) is 14.9 Å². The minimum absolute atomic E-state index is 0.0102. The summed E-state index contributed by atoms with van der Waals surface area (Å²) in [6.07, 6.45) is 0.997. The van der Waals surface area contributed by atoms with Crippen LogP contribution in [0.3, 0.4) is 0 Å². The molecule has 0 spiro atoms. The Labute approximate surface area is 145 Å². The third kappa shape index (κ3) is 3.73. The second-order valence-corrected chi connectivity index (χ2v) is 5.28. The van der Waals surface area contributed by atoms with Crippen LogP contribution in [0, 0.1) is 10.1 Å². The first-order valence-electron chi connectivity index (χ1n) is 6.27. The van der Waals surface area contributed by atoms with Crippen molar-refractivity contribution in [1.29, 1.82) is 0 Å². The Balaban J connectivity index is 2.20. The minimum Gasteiger partial charge on any atom is -0.871 e. The van der Waals surface area contributed by atoms with Crippen LogP contribution in [-0.4, -0.2) is 22.2 Å². The number of nitrogens with one attached hydrogen (secondary N) is 1. The molecule has 8 nitrogen and oxygen atoms in total. The predicted octanol–water partition coefficient (Wildman–Crippen LogP) is 2.44. The lowest BCUT2D eigenvalue weighted by atomic mass is 10.2. The fourth-order valence-corrected chi connectivity index (χ4v) is 2.24. The molecule has 124 valence electrons. The van der Waals surface area contributed by atoms with Gasteiger partial charge in [-0.2, -0.15) is 5.10 Å². The van der Waals surface area contributed by atoms with E-state index in [4.69, 9.17) is 23.2 Å². The van der Waals surface area contributed by atoms with E-state index in [2.05, 4.69) is 10.5 Å². The number of carbonyl (C=O) groups excluding carboxylic acids is 1. The number of carbonyl (C=O) groups is 1. The molecule has 0 aliphatic heterocycles. The molecular weight excluding hydrogens is 361 g/mol. The average Bonchev–Trinajstić information content (AvgIpc) is 2.52. The zero-order chi connectivity index (χ0) is 17.9. The Hall–Kier alpha value is -2.84. The summed E-state index contributed by atoms with van der Waals surface area (Å²) in [6.45, 7) is 0. The molecule has 0 aliphatic rings. The third-order valence-corrected chi connectivity index (χ3v) is 3.36. The van der Waals surface area contributed by atoms with Crippen molar-refractivity contribution in [3.05, 3.63) is 61.6 Å². The van der Waals surface area contributed by atoms with Crippen LogP contribution in [0.2, 0.25) is 10.0 Å². The van der Waals surface area contributed by atoms with Gasteiger partial charge in [0.15, 0.2) is 0 Å². The number of hydrogen-bond acceptors (Lipinski definition) is 6. The van der Waals surface area contributed by atoms with Crippen molar-refractivity contribution in [2.45, 2.75) is 0 Å². The van der Waals surface area contributed by atoms with Crippen LogP contribution in [0.25, 0.3) is 0 Å². The molecule has 1 amide bonds. The smallest absolute Gasteiger partial charge is 0.311 e. The highest BCUT2D eigenvalue weighted by molar-refractivity contribution is 6.36. The summed E-state index contributed by atoms with van der Waals surface area (Å²) in [5.74, 6) is -2.19. The summed E-state index contributed by atoms with van der Waals surface area (Å²) in [4.78, 5) is 21.9. The van der Waals surface area contributed by atoms with E-state index in [1.54, 1.807) is 0 Å². The topological polar surface area (TPSA) is 128 Å². The Morgan fingerprint density at radius 3 is 2.71 bits per heavy atom. The molecular formula is C14H8Cl2N3O5-. The number of benzene rings is 2. The number of phenols is 1. The van der Waals surface area contributed by atoms with E-state index in [1.165, 1.54) is 18.2 Å². The van der Waals surface area contributed by atoms with Crippen LogP contribution in [-0.2, 0) is 0 Å². The molecule has 2 aromatic carbocycles. The number of nitrogens with zero attached hydrogens (tertiary/aromatic N) is 2. The molecule has 0 fully saturated rings. The second kappa shape index (κ2) is 7.16. The Bertz CT molecular complexity index is 855. The van der Waals surface area contributed by atoms with Crippen molar-refractivity contribution in [2.75, 3.05) is 0 Å². The van der Waals surface area contributed by atoms with Crippen molar-refractivity contribution in [1.82, 2.24) is 5.43 Å². The van der Waals surface area contributed by atoms with Crippen LogP contribution < -0.4 is 10.5 Å². The van der Waals surface area contributed by atoms with E-state index in [0.717, 1.165) is 18.3 Å². The van der Waals surface area contributed by atoms with Crippen LogP contribution >= 0.6 is 23.2 Å². The van der Waals surface area contributed by atoms with Gasteiger partial charge in [0, 0.05) is 27.2 Å². The average molecular weight is 369 g/mol. The first kappa shape index (κ1) is 17.5. The fraction of sp³-hybridized carbons (Fsp3) is 0. The van der Waals surface area contributed by atoms with Gasteiger partial charge in [-0.25, -0.2) is 5.43 Å². The molecule has 0 saturated carbocycles. The van der Waals surface area contributed by atoms with Gasteiger partial charge in [0.2, 0.25) is 5.75 Å². The normalized spacial score (nSPS) is 10.8. The lowest BCUT2D eigenvalue weighted by Gasteiger charge is -2.14.